The van der Waals surface area contributed by atoms with Crippen LogP contribution in [0.25, 0.3) is 10.2 Å². The summed E-state index contributed by atoms with van der Waals surface area (Å²) < 4.78 is 25.3. The molecule has 0 unspecified atom stereocenters. The van der Waals surface area contributed by atoms with E-state index in [1.165, 1.54) is 23.5 Å². The van der Waals surface area contributed by atoms with Crippen molar-refractivity contribution in [2.75, 3.05) is 44.3 Å². The third-order valence-electron chi connectivity index (χ3n) is 5.05. The maximum absolute atomic E-state index is 13.6. The van der Waals surface area contributed by atoms with Gasteiger partial charge >= 0.3 is 0 Å². The van der Waals surface area contributed by atoms with Gasteiger partial charge in [0.1, 0.15) is 17.3 Å². The van der Waals surface area contributed by atoms with Crippen LogP contribution in [-0.4, -0.2) is 55.2 Å². The highest BCUT2D eigenvalue weighted by atomic mass is 35.5. The quantitative estimate of drug-likeness (QED) is 0.552. The fourth-order valence-electron chi connectivity index (χ4n) is 3.55. The van der Waals surface area contributed by atoms with Gasteiger partial charge in [0, 0.05) is 26.2 Å². The van der Waals surface area contributed by atoms with Crippen LogP contribution in [-0.2, 0) is 4.74 Å². The number of aromatic nitrogens is 1. The van der Waals surface area contributed by atoms with E-state index in [9.17, 15) is 9.18 Å². The van der Waals surface area contributed by atoms with Gasteiger partial charge in [-0.15, -0.1) is 12.4 Å². The van der Waals surface area contributed by atoms with Gasteiger partial charge < -0.3 is 9.15 Å². The average molecular weight is 454 g/mol. The summed E-state index contributed by atoms with van der Waals surface area (Å²) in [4.78, 5) is 22.0. The number of carbonyl (C=O) groups excluding carboxylic acids is 1. The van der Waals surface area contributed by atoms with Crippen molar-refractivity contribution in [3.05, 3.63) is 47.2 Å². The van der Waals surface area contributed by atoms with Gasteiger partial charge in [-0.2, -0.15) is 0 Å². The van der Waals surface area contributed by atoms with Crippen molar-refractivity contribution in [3.63, 3.8) is 0 Å². The molecule has 3 aromatic rings. The Balaban J connectivity index is 0.00000256. The van der Waals surface area contributed by atoms with E-state index in [4.69, 9.17) is 9.15 Å². The highest BCUT2D eigenvalue weighted by Gasteiger charge is 2.25. The van der Waals surface area contributed by atoms with Gasteiger partial charge in [0.2, 0.25) is 0 Å². The lowest BCUT2D eigenvalue weighted by Gasteiger charge is -2.27. The molecule has 0 aliphatic carbocycles. The van der Waals surface area contributed by atoms with Crippen LogP contribution < -0.4 is 4.90 Å². The van der Waals surface area contributed by atoms with Crippen LogP contribution in [0.2, 0.25) is 0 Å². The van der Waals surface area contributed by atoms with E-state index < -0.39 is 0 Å². The molecule has 1 amide bonds. The normalized spacial score (nSPS) is 14.6. The zero-order chi connectivity index (χ0) is 20.4. The third kappa shape index (κ3) is 5.00. The zero-order valence-electron chi connectivity index (χ0n) is 17.0. The van der Waals surface area contributed by atoms with Crippen molar-refractivity contribution in [3.8, 4) is 0 Å². The van der Waals surface area contributed by atoms with Gasteiger partial charge in [0.05, 0.1) is 29.0 Å². The number of rotatable bonds is 6. The molecular weight excluding hydrogens is 429 g/mol. The maximum Gasteiger partial charge on any atom is 0.263 e. The number of nitrogens with zero attached hydrogens (tertiary/aromatic N) is 3. The number of morpholine rings is 1. The second-order valence-corrected chi connectivity index (χ2v) is 8.21. The minimum atomic E-state index is -0.306. The van der Waals surface area contributed by atoms with E-state index in [0.29, 0.717) is 34.3 Å². The number of benzene rings is 1. The maximum atomic E-state index is 13.6. The standard InChI is InChI=1S/C21H24FN3O3S.ClH/c1-14-12-17(15(2)28-14)20(26)25(7-3-6-24-8-10-27-11-9-24)21-23-18-5-4-16(22)13-19(18)29-21;/h4-5,12-13H,3,6-11H2,1-2H3;1H. The predicted molar refractivity (Wildman–Crippen MR) is 119 cm³/mol. The van der Waals surface area contributed by atoms with Crippen molar-refractivity contribution in [2.45, 2.75) is 20.3 Å². The van der Waals surface area contributed by atoms with Crippen LogP contribution in [0.3, 0.4) is 0 Å². The first-order valence-corrected chi connectivity index (χ1v) is 10.6. The molecule has 0 saturated carbocycles. The number of carbonyl (C=O) groups is 1. The molecule has 2 aromatic heterocycles. The molecule has 1 fully saturated rings. The zero-order valence-corrected chi connectivity index (χ0v) is 18.7. The molecular formula is C21H25ClFN3O3S. The van der Waals surface area contributed by atoms with Crippen LogP contribution in [0, 0.1) is 19.7 Å². The first-order chi connectivity index (χ1) is 14.0. The molecule has 1 aliphatic heterocycles. The van der Waals surface area contributed by atoms with E-state index in [1.54, 1.807) is 24.0 Å². The number of aryl methyl sites for hydroxylation is 2. The number of anilines is 1. The lowest BCUT2D eigenvalue weighted by molar-refractivity contribution is 0.0376. The summed E-state index contributed by atoms with van der Waals surface area (Å²) in [5.74, 6) is 0.850. The molecule has 6 nitrogen and oxygen atoms in total. The largest absolute Gasteiger partial charge is 0.466 e. The van der Waals surface area contributed by atoms with Gasteiger partial charge in [-0.3, -0.25) is 14.6 Å². The fraction of sp³-hybridized carbons (Fsp3) is 0.429. The highest BCUT2D eigenvalue weighted by molar-refractivity contribution is 7.22. The molecule has 1 aliphatic rings. The molecule has 0 bridgehead atoms. The Morgan fingerprint density at radius 2 is 2.03 bits per heavy atom. The molecule has 0 spiro atoms. The molecule has 0 radical (unpaired) electrons. The number of ether oxygens (including phenoxy) is 1. The Labute approximate surface area is 185 Å². The van der Waals surface area contributed by atoms with Gasteiger partial charge in [-0.25, -0.2) is 9.37 Å². The van der Waals surface area contributed by atoms with Crippen LogP contribution >= 0.6 is 23.7 Å². The second kappa shape index (κ2) is 9.87. The number of hydrogen-bond donors (Lipinski definition) is 0. The van der Waals surface area contributed by atoms with Crippen LogP contribution in [0.4, 0.5) is 9.52 Å². The molecule has 0 N–H and O–H groups in total. The number of hydrogen-bond acceptors (Lipinski definition) is 6. The Hall–Kier alpha value is -2.00. The molecule has 1 aromatic carbocycles. The predicted octanol–water partition coefficient (Wildman–Crippen LogP) is 4.44. The SMILES string of the molecule is Cc1cc(C(=O)N(CCCN2CCOCC2)c2nc3ccc(F)cc3s2)c(C)o1.Cl. The summed E-state index contributed by atoms with van der Waals surface area (Å²) in [6.45, 7) is 8.35. The second-order valence-electron chi connectivity index (χ2n) is 7.20. The first-order valence-electron chi connectivity index (χ1n) is 9.76. The number of furan rings is 1. The van der Waals surface area contributed by atoms with Gasteiger partial charge in [-0.05, 0) is 44.5 Å². The topological polar surface area (TPSA) is 58.8 Å². The average Bonchev–Trinajstić information content (AvgIpc) is 3.27. The van der Waals surface area contributed by atoms with Crippen LogP contribution in [0.1, 0.15) is 28.3 Å². The smallest absolute Gasteiger partial charge is 0.263 e. The summed E-state index contributed by atoms with van der Waals surface area (Å²) in [6.07, 6.45) is 0.811. The van der Waals surface area contributed by atoms with E-state index >= 15 is 0 Å². The fourth-order valence-corrected chi connectivity index (χ4v) is 4.57. The molecule has 0 atom stereocenters. The van der Waals surface area contributed by atoms with Crippen molar-refractivity contribution in [2.24, 2.45) is 0 Å². The summed E-state index contributed by atoms with van der Waals surface area (Å²) in [7, 11) is 0. The van der Waals surface area contributed by atoms with E-state index in [0.717, 1.165) is 44.0 Å². The number of thiazole rings is 1. The van der Waals surface area contributed by atoms with Crippen molar-refractivity contribution in [1.82, 2.24) is 9.88 Å². The van der Waals surface area contributed by atoms with Gasteiger partial charge in [-0.1, -0.05) is 11.3 Å². The summed E-state index contributed by atoms with van der Waals surface area (Å²) >= 11 is 1.33. The van der Waals surface area contributed by atoms with Crippen molar-refractivity contribution < 1.29 is 18.3 Å². The van der Waals surface area contributed by atoms with Crippen molar-refractivity contribution in [1.29, 1.82) is 0 Å². The molecule has 9 heteroatoms. The summed E-state index contributed by atoms with van der Waals surface area (Å²) in [5, 5.41) is 0.579. The molecule has 4 rings (SSSR count). The van der Waals surface area contributed by atoms with E-state index in [1.807, 2.05) is 6.92 Å². The Kier molecular flexibility index (Phi) is 7.46. The van der Waals surface area contributed by atoms with E-state index in [-0.39, 0.29) is 24.1 Å². The Bertz CT molecular complexity index is 1020. The number of halogens is 2. The highest BCUT2D eigenvalue weighted by Crippen LogP contribution is 2.31. The lowest BCUT2D eigenvalue weighted by atomic mass is 10.2. The molecule has 30 heavy (non-hydrogen) atoms. The molecule has 162 valence electrons. The monoisotopic (exact) mass is 453 g/mol. The minimum Gasteiger partial charge on any atom is -0.466 e. The first kappa shape index (κ1) is 22.7. The Morgan fingerprint density at radius 1 is 1.27 bits per heavy atom. The number of amides is 1. The summed E-state index contributed by atoms with van der Waals surface area (Å²) in [5.41, 5.74) is 1.23. The van der Waals surface area contributed by atoms with E-state index in [2.05, 4.69) is 9.88 Å². The Morgan fingerprint density at radius 3 is 2.73 bits per heavy atom. The molecule has 3 heterocycles. The van der Waals surface area contributed by atoms with Crippen molar-refractivity contribution >= 4 is 45.0 Å². The van der Waals surface area contributed by atoms with Crippen LogP contribution in [0.5, 0.6) is 0 Å². The molecule has 1 saturated heterocycles. The van der Waals surface area contributed by atoms with Crippen LogP contribution in [0.15, 0.2) is 28.7 Å². The lowest BCUT2D eigenvalue weighted by Crippen LogP contribution is -2.39. The summed E-state index contributed by atoms with van der Waals surface area (Å²) in [6, 6.07) is 6.26. The van der Waals surface area contributed by atoms with Gasteiger partial charge in [0.15, 0.2) is 5.13 Å². The van der Waals surface area contributed by atoms with Gasteiger partial charge in [0.25, 0.3) is 5.91 Å². The number of fused-ring (bicyclic) bond motifs is 1. The third-order valence-corrected chi connectivity index (χ3v) is 6.09. The minimum absolute atomic E-state index is 0.